The molecule has 0 unspecified atom stereocenters. The second kappa shape index (κ2) is 5.80. The summed E-state index contributed by atoms with van der Waals surface area (Å²) < 4.78 is 4.95. The van der Waals surface area contributed by atoms with Crippen LogP contribution in [-0.4, -0.2) is 58.4 Å². The summed E-state index contributed by atoms with van der Waals surface area (Å²) >= 11 is 0. The molecule has 0 saturated carbocycles. The van der Waals surface area contributed by atoms with Gasteiger partial charge < -0.3 is 25.4 Å². The molecular formula is C8H14N4O5. The van der Waals surface area contributed by atoms with E-state index in [4.69, 9.17) is 10.3 Å². The Morgan fingerprint density at radius 1 is 1.47 bits per heavy atom. The van der Waals surface area contributed by atoms with Crippen molar-refractivity contribution < 1.29 is 24.9 Å². The van der Waals surface area contributed by atoms with Crippen LogP contribution in [0.2, 0.25) is 0 Å². The van der Waals surface area contributed by atoms with Crippen LogP contribution in [0.25, 0.3) is 10.4 Å². The lowest BCUT2D eigenvalue weighted by molar-refractivity contribution is -0.244. The average Bonchev–Trinajstić information content (AvgIpc) is 2.27. The second-order valence-electron chi connectivity index (χ2n) is 3.69. The zero-order chi connectivity index (χ0) is 13.0. The van der Waals surface area contributed by atoms with Crippen LogP contribution in [0.5, 0.6) is 0 Å². The summed E-state index contributed by atoms with van der Waals surface area (Å²) in [6.45, 7) is 0.983. The van der Waals surface area contributed by atoms with Crippen molar-refractivity contribution in [1.82, 2.24) is 5.32 Å². The van der Waals surface area contributed by atoms with Crippen molar-refractivity contribution in [2.75, 3.05) is 6.54 Å². The Labute approximate surface area is 96.6 Å². The molecule has 1 heterocycles. The summed E-state index contributed by atoms with van der Waals surface area (Å²) in [6, 6.07) is -1.12. The van der Waals surface area contributed by atoms with Crippen molar-refractivity contribution in [3.05, 3.63) is 10.4 Å². The molecule has 0 aliphatic carbocycles. The molecule has 0 aromatic rings. The fourth-order valence-electron chi connectivity index (χ4n) is 1.60. The number of aliphatic hydroxyl groups is 3. The number of carbonyl (C=O) groups excluding carboxylic acids is 1. The van der Waals surface area contributed by atoms with Gasteiger partial charge in [-0.15, -0.1) is 0 Å². The van der Waals surface area contributed by atoms with E-state index in [-0.39, 0.29) is 6.54 Å². The van der Waals surface area contributed by atoms with Crippen molar-refractivity contribution in [1.29, 1.82) is 0 Å². The minimum atomic E-state index is -1.48. The SMILES string of the molecule is CC(=O)N[C@H]1[C@@H](O)[C@H](O)[C@@H](CN=[N+]=[N-])O[C@@H]1O. The normalized spacial score (nSPS) is 37.1. The van der Waals surface area contributed by atoms with Crippen molar-refractivity contribution in [2.45, 2.75) is 37.6 Å². The van der Waals surface area contributed by atoms with Gasteiger partial charge in [-0.25, -0.2) is 0 Å². The lowest BCUT2D eigenvalue weighted by Gasteiger charge is -2.40. The molecule has 0 aromatic carbocycles. The summed E-state index contributed by atoms with van der Waals surface area (Å²) in [6.07, 6.45) is -5.25. The predicted molar refractivity (Wildman–Crippen MR) is 54.5 cm³/mol. The van der Waals surface area contributed by atoms with Crippen LogP contribution in [0.3, 0.4) is 0 Å². The summed E-state index contributed by atoms with van der Waals surface area (Å²) in [5.74, 6) is -0.475. The molecule has 9 nitrogen and oxygen atoms in total. The predicted octanol–water partition coefficient (Wildman–Crippen LogP) is -1.76. The first-order chi connectivity index (χ1) is 7.97. The quantitative estimate of drug-likeness (QED) is 0.264. The van der Waals surface area contributed by atoms with Crippen LogP contribution in [0.15, 0.2) is 5.11 Å². The molecule has 1 aliphatic heterocycles. The van der Waals surface area contributed by atoms with Crippen LogP contribution in [-0.2, 0) is 9.53 Å². The molecule has 1 saturated heterocycles. The molecule has 1 aliphatic rings. The minimum absolute atomic E-state index is 0.224. The standard InChI is InChI=1S/C8H14N4O5/c1-3(13)11-5-7(15)6(14)4(2-10-12-9)17-8(5)16/h4-8,14-16H,2H2,1H3,(H,11,13)/t4-,5+,6-,7-,8+/m1/s1. The maximum Gasteiger partial charge on any atom is 0.217 e. The van der Waals surface area contributed by atoms with Crippen LogP contribution in [0.1, 0.15) is 6.92 Å². The molecule has 96 valence electrons. The number of carbonyl (C=O) groups is 1. The Kier molecular flexibility index (Phi) is 4.67. The third-order valence-electron chi connectivity index (χ3n) is 2.41. The fraction of sp³-hybridized carbons (Fsp3) is 0.875. The number of rotatable bonds is 3. The molecule has 1 amide bonds. The van der Waals surface area contributed by atoms with Gasteiger partial charge in [0.05, 0.1) is 12.6 Å². The first kappa shape index (κ1) is 13.7. The van der Waals surface area contributed by atoms with Gasteiger partial charge in [-0.3, -0.25) is 4.79 Å². The molecule has 9 heteroatoms. The molecule has 0 radical (unpaired) electrons. The lowest BCUT2D eigenvalue weighted by Crippen LogP contribution is -2.63. The van der Waals surface area contributed by atoms with Gasteiger partial charge in [-0.2, -0.15) is 0 Å². The summed E-state index contributed by atoms with van der Waals surface area (Å²) in [7, 11) is 0. The van der Waals surface area contributed by atoms with E-state index in [1.807, 2.05) is 0 Å². The van der Waals surface area contributed by atoms with Gasteiger partial charge in [0, 0.05) is 11.8 Å². The molecule has 1 fully saturated rings. The highest BCUT2D eigenvalue weighted by Gasteiger charge is 2.43. The van der Waals surface area contributed by atoms with E-state index in [0.717, 1.165) is 0 Å². The number of hydrogen-bond donors (Lipinski definition) is 4. The van der Waals surface area contributed by atoms with Crippen LogP contribution in [0.4, 0.5) is 0 Å². The highest BCUT2D eigenvalue weighted by molar-refractivity contribution is 5.73. The molecule has 0 aromatic heterocycles. The first-order valence-electron chi connectivity index (χ1n) is 4.95. The fourth-order valence-corrected chi connectivity index (χ4v) is 1.60. The minimum Gasteiger partial charge on any atom is -0.388 e. The van der Waals surface area contributed by atoms with Gasteiger partial charge in [-0.05, 0) is 5.53 Å². The highest BCUT2D eigenvalue weighted by Crippen LogP contribution is 2.20. The monoisotopic (exact) mass is 246 g/mol. The highest BCUT2D eigenvalue weighted by atomic mass is 16.6. The molecule has 17 heavy (non-hydrogen) atoms. The van der Waals surface area contributed by atoms with E-state index in [0.29, 0.717) is 0 Å². The Morgan fingerprint density at radius 3 is 2.65 bits per heavy atom. The largest absolute Gasteiger partial charge is 0.388 e. The number of hydrogen-bond acceptors (Lipinski definition) is 6. The Morgan fingerprint density at radius 2 is 2.12 bits per heavy atom. The van der Waals surface area contributed by atoms with Gasteiger partial charge in [0.15, 0.2) is 6.29 Å². The smallest absolute Gasteiger partial charge is 0.217 e. The molecular weight excluding hydrogens is 232 g/mol. The Balaban J connectivity index is 2.71. The average molecular weight is 246 g/mol. The van der Waals surface area contributed by atoms with Crippen LogP contribution in [0, 0.1) is 0 Å². The molecule has 5 atom stereocenters. The number of aliphatic hydroxyl groups excluding tert-OH is 3. The van der Waals surface area contributed by atoms with E-state index in [9.17, 15) is 20.1 Å². The topological polar surface area (TPSA) is 148 Å². The van der Waals surface area contributed by atoms with Crippen LogP contribution >= 0.6 is 0 Å². The van der Waals surface area contributed by atoms with E-state index in [1.165, 1.54) is 6.92 Å². The zero-order valence-corrected chi connectivity index (χ0v) is 9.09. The van der Waals surface area contributed by atoms with E-state index >= 15 is 0 Å². The third-order valence-corrected chi connectivity index (χ3v) is 2.41. The van der Waals surface area contributed by atoms with E-state index in [1.54, 1.807) is 0 Å². The van der Waals surface area contributed by atoms with Gasteiger partial charge in [0.25, 0.3) is 0 Å². The number of ether oxygens (including phenoxy) is 1. The van der Waals surface area contributed by atoms with Crippen molar-refractivity contribution in [3.63, 3.8) is 0 Å². The maximum atomic E-state index is 10.8. The zero-order valence-electron chi connectivity index (χ0n) is 9.09. The number of nitrogens with zero attached hydrogens (tertiary/aromatic N) is 3. The number of azide groups is 1. The van der Waals surface area contributed by atoms with Crippen molar-refractivity contribution in [3.8, 4) is 0 Å². The molecule has 0 bridgehead atoms. The first-order valence-corrected chi connectivity index (χ1v) is 4.95. The van der Waals surface area contributed by atoms with Crippen molar-refractivity contribution in [2.24, 2.45) is 5.11 Å². The summed E-state index contributed by atoms with van der Waals surface area (Å²) in [5.41, 5.74) is 8.13. The third kappa shape index (κ3) is 3.29. The van der Waals surface area contributed by atoms with Crippen LogP contribution < -0.4 is 5.32 Å². The maximum absolute atomic E-state index is 10.8. The molecule has 1 rings (SSSR count). The molecule has 4 N–H and O–H groups in total. The van der Waals surface area contributed by atoms with Gasteiger partial charge in [0.2, 0.25) is 5.91 Å². The number of nitrogens with one attached hydrogen (secondary N) is 1. The summed E-state index contributed by atoms with van der Waals surface area (Å²) in [5, 5.41) is 34.3. The van der Waals surface area contributed by atoms with Gasteiger partial charge in [0.1, 0.15) is 18.2 Å². The van der Waals surface area contributed by atoms with E-state index < -0.39 is 36.6 Å². The second-order valence-corrected chi connectivity index (χ2v) is 3.69. The lowest BCUT2D eigenvalue weighted by atomic mass is 9.97. The Hall–Kier alpha value is -1.38. The van der Waals surface area contributed by atoms with Crippen molar-refractivity contribution >= 4 is 5.91 Å². The molecule has 0 spiro atoms. The Bertz CT molecular complexity index is 332. The van der Waals surface area contributed by atoms with Gasteiger partial charge in [-0.1, -0.05) is 5.11 Å². The van der Waals surface area contributed by atoms with E-state index in [2.05, 4.69) is 15.3 Å². The number of amides is 1. The summed E-state index contributed by atoms with van der Waals surface area (Å²) in [4.78, 5) is 13.3. The van der Waals surface area contributed by atoms with Gasteiger partial charge >= 0.3 is 0 Å².